The van der Waals surface area contributed by atoms with Crippen molar-refractivity contribution in [2.45, 2.75) is 56.2 Å². The predicted octanol–water partition coefficient (Wildman–Crippen LogP) is 0.473. The van der Waals surface area contributed by atoms with E-state index in [4.69, 9.17) is 4.74 Å². The van der Waals surface area contributed by atoms with Crippen molar-refractivity contribution in [3.8, 4) is 0 Å². The summed E-state index contributed by atoms with van der Waals surface area (Å²) in [6.45, 7) is 6.14. The standard InChI is InChI=1S/C28H39B3F2N6O4S/c1-15(2)18-5-6-21(39-11-17(16(39)3)13-44(4,41)42)20-10-35-24(9-19(18)20)36-23-7-8-34-26(37-23)38-12-22(40)25(27(32,33)14-38)43-28(29,30)31/h5-10,15-17,22,25,40H,11-14,29-31H2,1-4H3,(H,34,35,36,37)/t16-,17-,22+,25+/m1/s1. The van der Waals surface area contributed by atoms with Crippen LogP contribution in [-0.2, 0) is 14.6 Å². The number of nitrogens with one attached hydrogen (secondary N) is 1. The van der Waals surface area contributed by atoms with Gasteiger partial charge in [0.2, 0.25) is 5.95 Å². The molecule has 16 heteroatoms. The van der Waals surface area contributed by atoms with Crippen molar-refractivity contribution in [2.75, 3.05) is 46.8 Å². The van der Waals surface area contributed by atoms with Gasteiger partial charge in [-0.2, -0.15) is 4.98 Å². The molecule has 2 N–H and O–H groups in total. The van der Waals surface area contributed by atoms with Crippen molar-refractivity contribution in [2.24, 2.45) is 5.92 Å². The number of pyridine rings is 1. The normalized spacial score (nSPS) is 24.0. The highest BCUT2D eigenvalue weighted by Crippen LogP contribution is 2.40. The molecule has 10 nitrogen and oxygen atoms in total. The number of benzene rings is 1. The second-order valence-corrected chi connectivity index (χ2v) is 15.6. The predicted molar refractivity (Wildman–Crippen MR) is 178 cm³/mol. The van der Waals surface area contributed by atoms with Gasteiger partial charge in [0.05, 0.1) is 12.3 Å². The first-order valence-electron chi connectivity index (χ1n) is 14.9. The van der Waals surface area contributed by atoms with Crippen molar-refractivity contribution in [1.82, 2.24) is 15.0 Å². The molecule has 0 unspecified atom stereocenters. The average molecular weight is 626 g/mol. The number of piperidine rings is 1. The molecule has 234 valence electrons. The summed E-state index contributed by atoms with van der Waals surface area (Å²) in [5.41, 5.74) is 2.14. The highest BCUT2D eigenvalue weighted by molar-refractivity contribution is 7.90. The molecule has 0 radical (unpaired) electrons. The number of alkyl halides is 2. The van der Waals surface area contributed by atoms with Gasteiger partial charge in [0.1, 0.15) is 57.2 Å². The summed E-state index contributed by atoms with van der Waals surface area (Å²) in [5, 5.41) is 14.9. The third-order valence-corrected chi connectivity index (χ3v) is 9.24. The first-order valence-corrected chi connectivity index (χ1v) is 16.9. The number of halogens is 2. The van der Waals surface area contributed by atoms with E-state index in [-0.39, 0.29) is 36.1 Å². The molecular formula is C28H39B3F2N6O4S. The maximum Gasteiger partial charge on any atom is 0.293 e. The lowest BCUT2D eigenvalue weighted by molar-refractivity contribution is -0.186. The van der Waals surface area contributed by atoms with Crippen molar-refractivity contribution in [3.63, 3.8) is 0 Å². The molecule has 3 aromatic rings. The summed E-state index contributed by atoms with van der Waals surface area (Å²) in [4.78, 5) is 16.8. The van der Waals surface area contributed by atoms with Gasteiger partial charge in [-0.3, -0.25) is 0 Å². The van der Waals surface area contributed by atoms with E-state index in [1.807, 2.05) is 13.0 Å². The lowest BCUT2D eigenvalue weighted by Gasteiger charge is -2.48. The molecule has 2 aliphatic heterocycles. The van der Waals surface area contributed by atoms with Gasteiger partial charge in [0, 0.05) is 54.8 Å². The van der Waals surface area contributed by atoms with Gasteiger partial charge in [-0.15, -0.1) is 0 Å². The number of fused-ring (bicyclic) bond motifs is 1. The van der Waals surface area contributed by atoms with E-state index in [9.17, 15) is 13.5 Å². The lowest BCUT2D eigenvalue weighted by Crippen LogP contribution is -2.63. The van der Waals surface area contributed by atoms with Crippen LogP contribution in [0.25, 0.3) is 10.8 Å². The number of hydrogen-bond acceptors (Lipinski definition) is 10. The third-order valence-electron chi connectivity index (χ3n) is 8.20. The zero-order chi connectivity index (χ0) is 32.2. The Morgan fingerprint density at radius 1 is 1.16 bits per heavy atom. The number of hydrogen-bond donors (Lipinski definition) is 2. The molecule has 0 saturated carbocycles. The third kappa shape index (κ3) is 6.97. The van der Waals surface area contributed by atoms with Crippen LogP contribution in [0.1, 0.15) is 32.3 Å². The Hall–Kier alpha value is -2.97. The number of β-amino-alcohol motifs (C(OH)–C–C–N with tert-alkyl or cyclic N) is 1. The largest absolute Gasteiger partial charge is 0.388 e. The summed E-state index contributed by atoms with van der Waals surface area (Å²) >= 11 is 0. The maximum atomic E-state index is 15.1. The molecule has 2 aliphatic rings. The van der Waals surface area contributed by atoms with E-state index in [1.54, 1.807) is 35.8 Å². The topological polar surface area (TPSA) is 121 Å². The Bertz CT molecular complexity index is 1650. The smallest absolute Gasteiger partial charge is 0.293 e. The summed E-state index contributed by atoms with van der Waals surface area (Å²) in [7, 11) is 1.96. The zero-order valence-electron chi connectivity index (χ0n) is 26.3. The molecule has 2 aromatic heterocycles. The van der Waals surface area contributed by atoms with Crippen LogP contribution in [-0.4, -0.2) is 113 Å². The number of sulfone groups is 1. The van der Waals surface area contributed by atoms with E-state index < -0.39 is 39.8 Å². The molecule has 0 bridgehead atoms. The van der Waals surface area contributed by atoms with E-state index in [2.05, 4.69) is 51.1 Å². The fourth-order valence-electron chi connectivity index (χ4n) is 6.07. The van der Waals surface area contributed by atoms with Crippen LogP contribution in [0.2, 0.25) is 0 Å². The fraction of sp³-hybridized carbons (Fsp3) is 0.536. The van der Waals surface area contributed by atoms with Crippen LogP contribution in [0.4, 0.5) is 32.1 Å². The summed E-state index contributed by atoms with van der Waals surface area (Å²) in [6.07, 6.45) is 1.49. The second-order valence-electron chi connectivity index (χ2n) is 13.4. The van der Waals surface area contributed by atoms with Crippen molar-refractivity contribution in [3.05, 3.63) is 42.2 Å². The van der Waals surface area contributed by atoms with Gasteiger partial charge in [-0.1, -0.05) is 19.9 Å². The molecule has 0 aliphatic carbocycles. The van der Waals surface area contributed by atoms with E-state index >= 15 is 8.78 Å². The molecule has 0 spiro atoms. The molecule has 4 atom stereocenters. The van der Waals surface area contributed by atoms with Crippen LogP contribution >= 0.6 is 0 Å². The van der Waals surface area contributed by atoms with Gasteiger partial charge in [0.25, 0.3) is 5.92 Å². The summed E-state index contributed by atoms with van der Waals surface area (Å²) < 4.78 is 59.4. The first kappa shape index (κ1) is 32.4. The minimum absolute atomic E-state index is 0.0595. The molecule has 4 heterocycles. The Labute approximate surface area is 260 Å². The number of anilines is 4. The van der Waals surface area contributed by atoms with Crippen LogP contribution in [0.5, 0.6) is 0 Å². The minimum Gasteiger partial charge on any atom is -0.388 e. The number of ether oxygens (including phenoxy) is 1. The van der Waals surface area contributed by atoms with Gasteiger partial charge in [-0.25, -0.2) is 27.2 Å². The van der Waals surface area contributed by atoms with Crippen LogP contribution in [0, 0.1) is 5.92 Å². The SMILES string of the molecule is BC(B)(B)O[C@H]1[C@@H](O)CN(c2nccc(Nc3cc4c(C(C)C)ccc(N5C[C@H](CS(C)(=O)=O)[C@H]5C)c4cn3)n2)CC1(F)F. The number of aliphatic hydroxyl groups is 1. The average Bonchev–Trinajstić information content (AvgIpc) is 2.91. The molecule has 2 fully saturated rings. The zero-order valence-corrected chi connectivity index (χ0v) is 27.1. The van der Waals surface area contributed by atoms with Crippen molar-refractivity contribution >= 4 is 67.4 Å². The number of aliphatic hydroxyl groups excluding tert-OH is 1. The van der Waals surface area contributed by atoms with Gasteiger partial charge < -0.3 is 25.0 Å². The summed E-state index contributed by atoms with van der Waals surface area (Å²) in [6, 6.07) is 7.83. The Morgan fingerprint density at radius 3 is 2.50 bits per heavy atom. The highest BCUT2D eigenvalue weighted by atomic mass is 32.2. The Morgan fingerprint density at radius 2 is 1.89 bits per heavy atom. The van der Waals surface area contributed by atoms with Crippen LogP contribution in [0.3, 0.4) is 0 Å². The number of nitrogens with zero attached hydrogens (tertiary/aromatic N) is 5. The lowest BCUT2D eigenvalue weighted by atomic mass is 9.52. The Balaban J connectivity index is 1.38. The minimum atomic E-state index is -3.32. The fourth-order valence-corrected chi connectivity index (χ4v) is 7.23. The molecular weight excluding hydrogens is 587 g/mol. The molecule has 2 saturated heterocycles. The van der Waals surface area contributed by atoms with E-state index in [0.29, 0.717) is 18.2 Å². The summed E-state index contributed by atoms with van der Waals surface area (Å²) in [5.74, 6) is -1.89. The van der Waals surface area contributed by atoms with Gasteiger partial charge in [-0.05, 0) is 47.3 Å². The Kier molecular flexibility index (Phi) is 8.66. The van der Waals surface area contributed by atoms with E-state index in [0.717, 1.165) is 22.0 Å². The van der Waals surface area contributed by atoms with E-state index in [1.165, 1.54) is 17.4 Å². The number of aromatic nitrogens is 3. The van der Waals surface area contributed by atoms with Crippen molar-refractivity contribution in [1.29, 1.82) is 0 Å². The molecule has 0 amide bonds. The van der Waals surface area contributed by atoms with Gasteiger partial charge in [0.15, 0.2) is 0 Å². The van der Waals surface area contributed by atoms with Gasteiger partial charge >= 0.3 is 0 Å². The highest BCUT2D eigenvalue weighted by Gasteiger charge is 2.52. The molecule has 44 heavy (non-hydrogen) atoms. The van der Waals surface area contributed by atoms with Crippen LogP contribution < -0.4 is 15.1 Å². The molecule has 1 aromatic carbocycles. The quantitative estimate of drug-likeness (QED) is 0.325. The first-order chi connectivity index (χ1) is 20.4. The molecule has 5 rings (SSSR count). The van der Waals surface area contributed by atoms with Crippen molar-refractivity contribution < 1.29 is 27.0 Å². The second kappa shape index (κ2) is 11.8. The maximum absolute atomic E-state index is 15.1. The number of rotatable bonds is 9. The monoisotopic (exact) mass is 626 g/mol. The van der Waals surface area contributed by atoms with Crippen LogP contribution in [0.15, 0.2) is 36.7 Å².